The van der Waals surface area contributed by atoms with E-state index in [0.29, 0.717) is 5.11 Å². The molecule has 0 atom stereocenters. The number of ether oxygens (including phenoxy) is 2. The highest BCUT2D eigenvalue weighted by atomic mass is 32.2. The molecule has 0 unspecified atom stereocenters. The third-order valence-corrected chi connectivity index (χ3v) is 4.29. The minimum Gasteiger partial charge on any atom is -0.454 e. The van der Waals surface area contributed by atoms with E-state index in [-0.39, 0.29) is 6.79 Å². The van der Waals surface area contributed by atoms with Gasteiger partial charge in [0, 0.05) is 28.9 Å². The van der Waals surface area contributed by atoms with Crippen LogP contribution in [-0.2, 0) is 0 Å². The Morgan fingerprint density at radius 1 is 1.09 bits per heavy atom. The lowest BCUT2D eigenvalue weighted by Crippen LogP contribution is -2.30. The van der Waals surface area contributed by atoms with Crippen LogP contribution in [0.15, 0.2) is 53.4 Å². The first kappa shape index (κ1) is 15.0. The highest BCUT2D eigenvalue weighted by Gasteiger charge is 2.13. The van der Waals surface area contributed by atoms with Gasteiger partial charge in [0.1, 0.15) is 0 Å². The molecule has 0 saturated carbocycles. The number of hydrogen-bond acceptors (Lipinski definition) is 4. The Labute approximate surface area is 139 Å². The molecule has 0 aliphatic carbocycles. The summed E-state index contributed by atoms with van der Waals surface area (Å²) in [5.41, 5.74) is 0.887. The van der Waals surface area contributed by atoms with Crippen molar-refractivity contribution in [3.05, 3.63) is 48.5 Å². The maximum absolute atomic E-state index is 5.34. The number of hydrogen-bond donors (Lipinski definition) is 2. The van der Waals surface area contributed by atoms with E-state index in [1.807, 2.05) is 36.4 Å². The van der Waals surface area contributed by atoms with E-state index >= 15 is 0 Å². The summed E-state index contributed by atoms with van der Waals surface area (Å²) in [6, 6.07) is 16.0. The minimum atomic E-state index is 0.276. The molecule has 0 aromatic heterocycles. The van der Waals surface area contributed by atoms with E-state index < -0.39 is 0 Å². The molecular weight excluding hydrogens is 316 g/mol. The van der Waals surface area contributed by atoms with Crippen molar-refractivity contribution >= 4 is 34.8 Å². The molecule has 2 N–H and O–H groups in total. The van der Waals surface area contributed by atoms with Crippen LogP contribution < -0.4 is 20.1 Å². The van der Waals surface area contributed by atoms with Crippen LogP contribution in [0.4, 0.5) is 5.69 Å². The van der Waals surface area contributed by atoms with Crippen LogP contribution >= 0.6 is 24.0 Å². The normalized spacial score (nSPS) is 12.0. The highest BCUT2D eigenvalue weighted by Crippen LogP contribution is 2.34. The average molecular weight is 332 g/mol. The monoisotopic (exact) mass is 332 g/mol. The van der Waals surface area contributed by atoms with Crippen LogP contribution in [0.5, 0.6) is 11.5 Å². The summed E-state index contributed by atoms with van der Waals surface area (Å²) in [6.07, 6.45) is 0. The highest BCUT2D eigenvalue weighted by molar-refractivity contribution is 7.99. The molecule has 1 heterocycles. The lowest BCUT2D eigenvalue weighted by Gasteiger charge is -2.10. The fourth-order valence-corrected chi connectivity index (χ4v) is 3.01. The third kappa shape index (κ3) is 4.05. The molecule has 6 heteroatoms. The zero-order valence-electron chi connectivity index (χ0n) is 11.9. The Morgan fingerprint density at radius 2 is 1.91 bits per heavy atom. The molecule has 1 aliphatic rings. The van der Waals surface area contributed by atoms with Crippen LogP contribution in [0.3, 0.4) is 0 Å². The second-order valence-corrected chi connectivity index (χ2v) is 6.19. The van der Waals surface area contributed by atoms with Gasteiger partial charge in [0.25, 0.3) is 0 Å². The number of fused-ring (bicyclic) bond motifs is 1. The zero-order valence-corrected chi connectivity index (χ0v) is 13.5. The predicted molar refractivity (Wildman–Crippen MR) is 94.0 cm³/mol. The first-order valence-electron chi connectivity index (χ1n) is 6.93. The van der Waals surface area contributed by atoms with E-state index in [4.69, 9.17) is 21.7 Å². The Morgan fingerprint density at radius 3 is 2.77 bits per heavy atom. The molecule has 0 bridgehead atoms. The summed E-state index contributed by atoms with van der Waals surface area (Å²) >= 11 is 7.09. The van der Waals surface area contributed by atoms with Gasteiger partial charge in [-0.15, -0.1) is 11.8 Å². The van der Waals surface area contributed by atoms with E-state index in [0.717, 1.165) is 29.5 Å². The van der Waals surface area contributed by atoms with Crippen molar-refractivity contribution in [2.75, 3.05) is 24.4 Å². The molecule has 1 aliphatic heterocycles. The Balaban J connectivity index is 1.41. The molecule has 0 radical (unpaired) electrons. The number of nitrogens with one attached hydrogen (secondary N) is 2. The molecule has 2 aromatic carbocycles. The average Bonchev–Trinajstić information content (AvgIpc) is 3.00. The van der Waals surface area contributed by atoms with E-state index in [2.05, 4.69) is 22.8 Å². The van der Waals surface area contributed by atoms with Gasteiger partial charge in [-0.3, -0.25) is 0 Å². The quantitative estimate of drug-likeness (QED) is 0.496. The number of benzene rings is 2. The van der Waals surface area contributed by atoms with Crippen molar-refractivity contribution in [2.24, 2.45) is 0 Å². The Bertz CT molecular complexity index is 650. The molecule has 0 spiro atoms. The molecule has 22 heavy (non-hydrogen) atoms. The maximum Gasteiger partial charge on any atom is 0.231 e. The van der Waals surface area contributed by atoms with Crippen molar-refractivity contribution in [1.82, 2.24) is 5.32 Å². The van der Waals surface area contributed by atoms with E-state index in [9.17, 15) is 0 Å². The summed E-state index contributed by atoms with van der Waals surface area (Å²) in [7, 11) is 0. The minimum absolute atomic E-state index is 0.276. The molecule has 3 rings (SSSR count). The summed E-state index contributed by atoms with van der Waals surface area (Å²) in [6.45, 7) is 1.08. The molecule has 0 fully saturated rings. The summed E-state index contributed by atoms with van der Waals surface area (Å²) in [4.78, 5) is 1.26. The van der Waals surface area contributed by atoms with Gasteiger partial charge in [0.15, 0.2) is 16.6 Å². The van der Waals surface area contributed by atoms with Crippen LogP contribution in [-0.4, -0.2) is 24.2 Å². The van der Waals surface area contributed by atoms with Crippen LogP contribution in [0.1, 0.15) is 0 Å². The van der Waals surface area contributed by atoms with E-state index in [1.165, 1.54) is 4.90 Å². The molecular formula is C16H16N2O2S2. The van der Waals surface area contributed by atoms with Crippen LogP contribution in [0.2, 0.25) is 0 Å². The first-order chi connectivity index (χ1) is 10.8. The number of thiocarbonyl (C=S) groups is 1. The van der Waals surface area contributed by atoms with E-state index in [1.54, 1.807) is 11.8 Å². The standard InChI is InChI=1S/C16H16N2O2S2/c21-16(17-8-9-22-13-4-2-1-3-5-13)18-12-6-7-14-15(10-12)20-11-19-14/h1-7,10H,8-9,11H2,(H2,17,18,21). The number of rotatable bonds is 5. The lowest BCUT2D eigenvalue weighted by atomic mass is 10.3. The SMILES string of the molecule is S=C(NCCSc1ccccc1)Nc1ccc2c(c1)OCO2. The Hall–Kier alpha value is -1.92. The molecule has 2 aromatic rings. The van der Waals surface area contributed by atoms with Crippen molar-refractivity contribution in [1.29, 1.82) is 0 Å². The molecule has 0 amide bonds. The number of anilines is 1. The predicted octanol–water partition coefficient (Wildman–Crippen LogP) is 3.49. The second-order valence-electron chi connectivity index (χ2n) is 4.61. The van der Waals surface area contributed by atoms with Crippen LogP contribution in [0.25, 0.3) is 0 Å². The number of thioether (sulfide) groups is 1. The van der Waals surface area contributed by atoms with Gasteiger partial charge in [0.05, 0.1) is 0 Å². The fourth-order valence-electron chi connectivity index (χ4n) is 2.00. The molecule has 4 nitrogen and oxygen atoms in total. The van der Waals surface area contributed by atoms with Gasteiger partial charge in [-0.2, -0.15) is 0 Å². The topological polar surface area (TPSA) is 42.5 Å². The largest absolute Gasteiger partial charge is 0.454 e. The zero-order chi connectivity index (χ0) is 15.2. The maximum atomic E-state index is 5.34. The molecule has 0 saturated heterocycles. The van der Waals surface area contributed by atoms with Crippen LogP contribution in [0, 0.1) is 0 Å². The Kier molecular flexibility index (Phi) is 5.03. The van der Waals surface area contributed by atoms with Gasteiger partial charge in [-0.25, -0.2) is 0 Å². The molecule has 114 valence electrons. The smallest absolute Gasteiger partial charge is 0.231 e. The third-order valence-electron chi connectivity index (χ3n) is 3.03. The summed E-state index contributed by atoms with van der Waals surface area (Å²) in [5.74, 6) is 2.46. The van der Waals surface area contributed by atoms with Gasteiger partial charge >= 0.3 is 0 Å². The van der Waals surface area contributed by atoms with Gasteiger partial charge < -0.3 is 20.1 Å². The van der Waals surface area contributed by atoms with Crippen molar-refractivity contribution in [3.63, 3.8) is 0 Å². The summed E-state index contributed by atoms with van der Waals surface area (Å²) in [5, 5.41) is 6.95. The van der Waals surface area contributed by atoms with Crippen molar-refractivity contribution < 1.29 is 9.47 Å². The van der Waals surface area contributed by atoms with Crippen molar-refractivity contribution in [2.45, 2.75) is 4.90 Å². The van der Waals surface area contributed by atoms with Gasteiger partial charge in [-0.05, 0) is 36.5 Å². The lowest BCUT2D eigenvalue weighted by molar-refractivity contribution is 0.174. The van der Waals surface area contributed by atoms with Crippen molar-refractivity contribution in [3.8, 4) is 11.5 Å². The fraction of sp³-hybridized carbons (Fsp3) is 0.188. The first-order valence-corrected chi connectivity index (χ1v) is 8.33. The summed E-state index contributed by atoms with van der Waals surface area (Å²) < 4.78 is 10.6. The van der Waals surface area contributed by atoms with Gasteiger partial charge in [-0.1, -0.05) is 18.2 Å². The second kappa shape index (κ2) is 7.38. The van der Waals surface area contributed by atoms with Gasteiger partial charge in [0.2, 0.25) is 6.79 Å².